The predicted molar refractivity (Wildman–Crippen MR) is 73.8 cm³/mol. The van der Waals surface area contributed by atoms with E-state index in [0.717, 1.165) is 5.56 Å². The summed E-state index contributed by atoms with van der Waals surface area (Å²) in [6, 6.07) is 15.8. The zero-order valence-electron chi connectivity index (χ0n) is 9.24. The molecule has 0 heterocycles. The molecular formula is C14H13Cl2N. The van der Waals surface area contributed by atoms with Crippen molar-refractivity contribution in [1.29, 1.82) is 0 Å². The molecule has 1 unspecified atom stereocenters. The van der Waals surface area contributed by atoms with Crippen LogP contribution in [-0.2, 0) is 0 Å². The molecule has 88 valence electrons. The quantitative estimate of drug-likeness (QED) is 0.889. The van der Waals surface area contributed by atoms with Crippen LogP contribution in [0.25, 0.3) is 0 Å². The molecule has 0 amide bonds. The van der Waals surface area contributed by atoms with E-state index in [-0.39, 0.29) is 5.92 Å². The van der Waals surface area contributed by atoms with Gasteiger partial charge in [-0.05, 0) is 23.3 Å². The molecule has 0 fully saturated rings. The Morgan fingerprint density at radius 2 is 1.59 bits per heavy atom. The fourth-order valence-corrected chi connectivity index (χ4v) is 2.19. The maximum Gasteiger partial charge on any atom is 0.0595 e. The maximum absolute atomic E-state index is 6.03. The molecule has 0 aliphatic heterocycles. The van der Waals surface area contributed by atoms with Crippen LogP contribution in [0.15, 0.2) is 48.5 Å². The van der Waals surface area contributed by atoms with Crippen LogP contribution in [0, 0.1) is 0 Å². The highest BCUT2D eigenvalue weighted by atomic mass is 35.5. The zero-order chi connectivity index (χ0) is 12.3. The minimum Gasteiger partial charge on any atom is -0.330 e. The summed E-state index contributed by atoms with van der Waals surface area (Å²) in [5.41, 5.74) is 8.13. The molecule has 17 heavy (non-hydrogen) atoms. The van der Waals surface area contributed by atoms with E-state index in [1.807, 2.05) is 36.4 Å². The van der Waals surface area contributed by atoms with Crippen LogP contribution in [-0.4, -0.2) is 6.54 Å². The summed E-state index contributed by atoms with van der Waals surface area (Å²) >= 11 is 11.9. The van der Waals surface area contributed by atoms with Gasteiger partial charge >= 0.3 is 0 Å². The third kappa shape index (κ3) is 2.81. The van der Waals surface area contributed by atoms with Gasteiger partial charge in [-0.15, -0.1) is 0 Å². The predicted octanol–water partition coefficient (Wildman–Crippen LogP) is 4.08. The maximum atomic E-state index is 6.03. The van der Waals surface area contributed by atoms with Crippen LogP contribution < -0.4 is 5.73 Å². The highest BCUT2D eigenvalue weighted by molar-refractivity contribution is 6.42. The van der Waals surface area contributed by atoms with Crippen LogP contribution in [0.4, 0.5) is 0 Å². The Kier molecular flexibility index (Phi) is 4.06. The second-order valence-corrected chi connectivity index (χ2v) is 4.69. The number of hydrogen-bond acceptors (Lipinski definition) is 1. The molecule has 0 aliphatic rings. The minimum atomic E-state index is 0.158. The lowest BCUT2D eigenvalue weighted by Crippen LogP contribution is -2.13. The van der Waals surface area contributed by atoms with Gasteiger partial charge < -0.3 is 5.73 Å². The van der Waals surface area contributed by atoms with Gasteiger partial charge in [0.1, 0.15) is 0 Å². The van der Waals surface area contributed by atoms with Crippen LogP contribution >= 0.6 is 23.2 Å². The van der Waals surface area contributed by atoms with E-state index >= 15 is 0 Å². The van der Waals surface area contributed by atoms with Crippen molar-refractivity contribution in [3.8, 4) is 0 Å². The molecule has 3 heteroatoms. The standard InChI is InChI=1S/C14H13Cl2N/c15-13-7-6-11(8-14(13)16)12(9-17)10-4-2-1-3-5-10/h1-8,12H,9,17H2. The average molecular weight is 266 g/mol. The van der Waals surface area contributed by atoms with Gasteiger partial charge in [0, 0.05) is 12.5 Å². The van der Waals surface area contributed by atoms with Crippen molar-refractivity contribution in [1.82, 2.24) is 0 Å². The van der Waals surface area contributed by atoms with Gasteiger partial charge in [0.2, 0.25) is 0 Å². The largest absolute Gasteiger partial charge is 0.330 e. The van der Waals surface area contributed by atoms with Crippen LogP contribution in [0.3, 0.4) is 0 Å². The first-order valence-electron chi connectivity index (χ1n) is 5.42. The van der Waals surface area contributed by atoms with Crippen molar-refractivity contribution < 1.29 is 0 Å². The van der Waals surface area contributed by atoms with Crippen molar-refractivity contribution >= 4 is 23.2 Å². The summed E-state index contributed by atoms with van der Waals surface area (Å²) in [6.45, 7) is 0.544. The summed E-state index contributed by atoms with van der Waals surface area (Å²) < 4.78 is 0. The van der Waals surface area contributed by atoms with E-state index in [9.17, 15) is 0 Å². The number of halogens is 2. The van der Waals surface area contributed by atoms with Gasteiger partial charge in [-0.25, -0.2) is 0 Å². The van der Waals surface area contributed by atoms with Crippen molar-refractivity contribution in [3.05, 3.63) is 69.7 Å². The first-order valence-corrected chi connectivity index (χ1v) is 6.18. The Balaban J connectivity index is 2.39. The van der Waals surface area contributed by atoms with E-state index in [4.69, 9.17) is 28.9 Å². The summed E-state index contributed by atoms with van der Waals surface area (Å²) in [5.74, 6) is 0.158. The molecule has 2 N–H and O–H groups in total. The topological polar surface area (TPSA) is 26.0 Å². The smallest absolute Gasteiger partial charge is 0.0595 e. The van der Waals surface area contributed by atoms with Gasteiger partial charge in [0.05, 0.1) is 10.0 Å². The zero-order valence-corrected chi connectivity index (χ0v) is 10.7. The van der Waals surface area contributed by atoms with Gasteiger partial charge in [-0.2, -0.15) is 0 Å². The number of nitrogens with two attached hydrogens (primary N) is 1. The molecule has 2 aromatic rings. The first kappa shape index (κ1) is 12.4. The summed E-state index contributed by atoms with van der Waals surface area (Å²) in [4.78, 5) is 0. The van der Waals surface area contributed by atoms with E-state index in [1.54, 1.807) is 0 Å². The minimum absolute atomic E-state index is 0.158. The Hall–Kier alpha value is -1.02. The summed E-state index contributed by atoms with van der Waals surface area (Å²) in [5, 5.41) is 1.14. The first-order chi connectivity index (χ1) is 8.22. The van der Waals surface area contributed by atoms with E-state index in [0.29, 0.717) is 16.6 Å². The molecule has 0 aromatic heterocycles. The lowest BCUT2D eigenvalue weighted by atomic mass is 9.91. The van der Waals surface area contributed by atoms with E-state index in [1.165, 1.54) is 5.56 Å². The fraction of sp³-hybridized carbons (Fsp3) is 0.143. The molecule has 0 saturated carbocycles. The number of rotatable bonds is 3. The third-order valence-electron chi connectivity index (χ3n) is 2.78. The van der Waals surface area contributed by atoms with Gasteiger partial charge in [0.25, 0.3) is 0 Å². The molecule has 2 aromatic carbocycles. The van der Waals surface area contributed by atoms with E-state index in [2.05, 4.69) is 12.1 Å². The molecule has 1 nitrogen and oxygen atoms in total. The molecule has 2 rings (SSSR count). The Morgan fingerprint density at radius 3 is 2.18 bits per heavy atom. The highest BCUT2D eigenvalue weighted by Crippen LogP contribution is 2.29. The number of benzene rings is 2. The highest BCUT2D eigenvalue weighted by Gasteiger charge is 2.13. The lowest BCUT2D eigenvalue weighted by molar-refractivity contribution is 0.819. The Labute approximate surface area is 111 Å². The third-order valence-corrected chi connectivity index (χ3v) is 3.52. The normalized spacial score (nSPS) is 12.4. The molecule has 0 bridgehead atoms. The van der Waals surface area contributed by atoms with Crippen LogP contribution in [0.5, 0.6) is 0 Å². The van der Waals surface area contributed by atoms with Gasteiger partial charge in [0.15, 0.2) is 0 Å². The van der Waals surface area contributed by atoms with Gasteiger partial charge in [-0.1, -0.05) is 59.6 Å². The molecule has 0 spiro atoms. The van der Waals surface area contributed by atoms with Crippen molar-refractivity contribution in [2.75, 3.05) is 6.54 Å². The second kappa shape index (κ2) is 5.54. The molecule has 0 radical (unpaired) electrons. The monoisotopic (exact) mass is 265 g/mol. The molecular weight excluding hydrogens is 253 g/mol. The Bertz CT molecular complexity index is 497. The average Bonchev–Trinajstić information content (AvgIpc) is 2.36. The summed E-state index contributed by atoms with van der Waals surface area (Å²) in [7, 11) is 0. The Morgan fingerprint density at radius 1 is 0.882 bits per heavy atom. The number of hydrogen-bond donors (Lipinski definition) is 1. The summed E-state index contributed by atoms with van der Waals surface area (Å²) in [6.07, 6.45) is 0. The van der Waals surface area contributed by atoms with Crippen molar-refractivity contribution in [3.63, 3.8) is 0 Å². The SMILES string of the molecule is NCC(c1ccccc1)c1ccc(Cl)c(Cl)c1. The van der Waals surface area contributed by atoms with Crippen LogP contribution in [0.1, 0.15) is 17.0 Å². The molecule has 1 atom stereocenters. The van der Waals surface area contributed by atoms with Crippen LogP contribution in [0.2, 0.25) is 10.0 Å². The molecule has 0 aliphatic carbocycles. The fourth-order valence-electron chi connectivity index (χ4n) is 1.88. The second-order valence-electron chi connectivity index (χ2n) is 3.87. The van der Waals surface area contributed by atoms with Crippen molar-refractivity contribution in [2.45, 2.75) is 5.92 Å². The van der Waals surface area contributed by atoms with Crippen molar-refractivity contribution in [2.24, 2.45) is 5.73 Å². The molecule has 0 saturated heterocycles. The lowest BCUT2D eigenvalue weighted by Gasteiger charge is -2.16. The van der Waals surface area contributed by atoms with E-state index < -0.39 is 0 Å². The van der Waals surface area contributed by atoms with Gasteiger partial charge in [-0.3, -0.25) is 0 Å².